The summed E-state index contributed by atoms with van der Waals surface area (Å²) in [4.78, 5) is 4.61. The minimum Gasteiger partial charge on any atom is -0.441 e. The Balaban J connectivity index is 1.87. The highest BCUT2D eigenvalue weighted by Gasteiger charge is 2.32. The van der Waals surface area contributed by atoms with Crippen molar-refractivity contribution in [2.75, 3.05) is 6.54 Å². The molecule has 1 aliphatic rings. The van der Waals surface area contributed by atoms with Crippen LogP contribution >= 0.6 is 15.9 Å². The molecule has 0 unspecified atom stereocenters. The van der Waals surface area contributed by atoms with E-state index in [4.69, 9.17) is 10.2 Å². The smallest absolute Gasteiger partial charge is 0.196 e. The lowest BCUT2D eigenvalue weighted by Gasteiger charge is -2.35. The third-order valence-electron chi connectivity index (χ3n) is 4.27. The van der Waals surface area contributed by atoms with Crippen molar-refractivity contribution in [1.82, 2.24) is 4.98 Å². The fourth-order valence-electron chi connectivity index (χ4n) is 3.10. The van der Waals surface area contributed by atoms with Crippen LogP contribution in [0.1, 0.15) is 38.0 Å². The summed E-state index contributed by atoms with van der Waals surface area (Å²) in [5.41, 5.74) is 8.02. The van der Waals surface area contributed by atoms with Gasteiger partial charge in [0.1, 0.15) is 5.52 Å². The molecular formula is C15H19BrN2O. The van der Waals surface area contributed by atoms with E-state index in [-0.39, 0.29) is 5.41 Å². The highest BCUT2D eigenvalue weighted by Crippen LogP contribution is 2.38. The third kappa shape index (κ3) is 2.70. The average molecular weight is 323 g/mol. The molecule has 1 aliphatic carbocycles. The summed E-state index contributed by atoms with van der Waals surface area (Å²) in [5, 5.41) is 0. The largest absolute Gasteiger partial charge is 0.441 e. The van der Waals surface area contributed by atoms with Crippen LogP contribution in [-0.2, 0) is 6.42 Å². The van der Waals surface area contributed by atoms with Gasteiger partial charge in [0.2, 0.25) is 0 Å². The molecule has 2 aromatic rings. The molecule has 4 heteroatoms. The van der Waals surface area contributed by atoms with Crippen molar-refractivity contribution in [3.63, 3.8) is 0 Å². The summed E-state index contributed by atoms with van der Waals surface area (Å²) in [6.45, 7) is 0.732. The van der Waals surface area contributed by atoms with Crippen LogP contribution < -0.4 is 5.73 Å². The fraction of sp³-hybridized carbons (Fsp3) is 0.533. The quantitative estimate of drug-likeness (QED) is 0.927. The Morgan fingerprint density at radius 1 is 1.26 bits per heavy atom. The molecule has 1 aromatic carbocycles. The summed E-state index contributed by atoms with van der Waals surface area (Å²) < 4.78 is 6.90. The molecule has 19 heavy (non-hydrogen) atoms. The van der Waals surface area contributed by atoms with Crippen LogP contribution in [0.5, 0.6) is 0 Å². The Morgan fingerprint density at radius 3 is 2.79 bits per heavy atom. The van der Waals surface area contributed by atoms with Crippen molar-refractivity contribution in [3.05, 3.63) is 28.6 Å². The standard InChI is InChI=1S/C15H19BrN2O/c16-11-4-5-13-12(8-11)18-14(19-13)9-15(10-17)6-2-1-3-7-15/h4-5,8H,1-3,6-7,9-10,17H2. The Morgan fingerprint density at radius 2 is 2.05 bits per heavy atom. The second-order valence-corrected chi connectivity index (χ2v) is 6.58. The lowest BCUT2D eigenvalue weighted by atomic mass is 9.72. The van der Waals surface area contributed by atoms with Crippen molar-refractivity contribution in [2.45, 2.75) is 38.5 Å². The topological polar surface area (TPSA) is 52.0 Å². The average Bonchev–Trinajstić information content (AvgIpc) is 2.81. The van der Waals surface area contributed by atoms with Crippen molar-refractivity contribution in [2.24, 2.45) is 11.1 Å². The lowest BCUT2D eigenvalue weighted by Crippen LogP contribution is -2.35. The van der Waals surface area contributed by atoms with Crippen LogP contribution in [0.3, 0.4) is 0 Å². The van der Waals surface area contributed by atoms with Gasteiger partial charge in [-0.2, -0.15) is 0 Å². The lowest BCUT2D eigenvalue weighted by molar-refractivity contribution is 0.184. The number of nitrogens with zero attached hydrogens (tertiary/aromatic N) is 1. The van der Waals surface area contributed by atoms with Gasteiger partial charge >= 0.3 is 0 Å². The van der Waals surface area contributed by atoms with Crippen molar-refractivity contribution in [1.29, 1.82) is 0 Å². The SMILES string of the molecule is NCC1(Cc2nc3cc(Br)ccc3o2)CCCCC1. The summed E-state index contributed by atoms with van der Waals surface area (Å²) in [6.07, 6.45) is 7.17. The molecular weight excluding hydrogens is 304 g/mol. The Labute approximate surface area is 121 Å². The molecule has 0 amide bonds. The molecule has 0 radical (unpaired) electrons. The normalized spacial score (nSPS) is 18.8. The Kier molecular flexibility index (Phi) is 3.63. The second kappa shape index (κ2) is 5.25. The van der Waals surface area contributed by atoms with Crippen LogP contribution in [0, 0.1) is 5.41 Å². The number of hydrogen-bond donors (Lipinski definition) is 1. The first-order valence-electron chi connectivity index (χ1n) is 6.96. The van der Waals surface area contributed by atoms with Gasteiger partial charge in [-0.15, -0.1) is 0 Å². The number of halogens is 1. The number of aromatic nitrogens is 1. The number of fused-ring (bicyclic) bond motifs is 1. The van der Waals surface area contributed by atoms with Crippen molar-refractivity contribution < 1.29 is 4.42 Å². The minimum atomic E-state index is 0.205. The molecule has 0 atom stereocenters. The van der Waals surface area contributed by atoms with E-state index in [0.717, 1.165) is 34.4 Å². The van der Waals surface area contributed by atoms with Gasteiger partial charge in [-0.3, -0.25) is 0 Å². The van der Waals surface area contributed by atoms with Gasteiger partial charge in [-0.1, -0.05) is 35.2 Å². The number of nitrogens with two attached hydrogens (primary N) is 1. The van der Waals surface area contributed by atoms with Crippen LogP contribution in [0.4, 0.5) is 0 Å². The van der Waals surface area contributed by atoms with E-state index in [0.29, 0.717) is 0 Å². The minimum absolute atomic E-state index is 0.205. The molecule has 3 nitrogen and oxygen atoms in total. The molecule has 0 aliphatic heterocycles. The highest BCUT2D eigenvalue weighted by atomic mass is 79.9. The van der Waals surface area contributed by atoms with E-state index in [1.54, 1.807) is 0 Å². The van der Waals surface area contributed by atoms with Gasteiger partial charge in [0, 0.05) is 10.9 Å². The van der Waals surface area contributed by atoms with E-state index >= 15 is 0 Å². The Bertz CT molecular complexity index is 573. The maximum atomic E-state index is 6.03. The summed E-state index contributed by atoms with van der Waals surface area (Å²) in [6, 6.07) is 5.95. The summed E-state index contributed by atoms with van der Waals surface area (Å²) >= 11 is 3.46. The maximum Gasteiger partial charge on any atom is 0.196 e. The van der Waals surface area contributed by atoms with Gasteiger partial charge in [-0.25, -0.2) is 4.98 Å². The van der Waals surface area contributed by atoms with Crippen LogP contribution in [0.15, 0.2) is 27.1 Å². The van der Waals surface area contributed by atoms with Gasteiger partial charge in [0.05, 0.1) is 0 Å². The molecule has 0 spiro atoms. The number of hydrogen-bond acceptors (Lipinski definition) is 3. The van der Waals surface area contributed by atoms with Crippen LogP contribution in [0.25, 0.3) is 11.1 Å². The molecule has 2 N–H and O–H groups in total. The number of rotatable bonds is 3. The molecule has 1 heterocycles. The number of oxazole rings is 1. The zero-order valence-electron chi connectivity index (χ0n) is 11.0. The molecule has 1 aromatic heterocycles. The van der Waals surface area contributed by atoms with Gasteiger partial charge in [0.15, 0.2) is 11.5 Å². The monoisotopic (exact) mass is 322 g/mol. The molecule has 3 rings (SSSR count). The predicted molar refractivity (Wildman–Crippen MR) is 80.0 cm³/mol. The first-order chi connectivity index (χ1) is 9.21. The molecule has 1 saturated carbocycles. The van der Waals surface area contributed by atoms with Crippen LogP contribution in [-0.4, -0.2) is 11.5 Å². The van der Waals surface area contributed by atoms with Crippen LogP contribution in [0.2, 0.25) is 0 Å². The molecule has 0 bridgehead atoms. The second-order valence-electron chi connectivity index (χ2n) is 5.66. The van der Waals surface area contributed by atoms with Gasteiger partial charge in [-0.05, 0) is 43.0 Å². The zero-order valence-corrected chi connectivity index (χ0v) is 12.6. The highest BCUT2D eigenvalue weighted by molar-refractivity contribution is 9.10. The molecule has 1 fully saturated rings. The zero-order chi connectivity index (χ0) is 13.3. The summed E-state index contributed by atoms with van der Waals surface area (Å²) in [5.74, 6) is 0.834. The summed E-state index contributed by atoms with van der Waals surface area (Å²) in [7, 11) is 0. The Hall–Kier alpha value is -0.870. The van der Waals surface area contributed by atoms with E-state index in [1.807, 2.05) is 18.2 Å². The number of benzene rings is 1. The first-order valence-corrected chi connectivity index (χ1v) is 7.75. The van der Waals surface area contributed by atoms with E-state index in [1.165, 1.54) is 32.1 Å². The third-order valence-corrected chi connectivity index (χ3v) is 4.76. The predicted octanol–water partition coefficient (Wildman–Crippen LogP) is 4.04. The van der Waals surface area contributed by atoms with E-state index in [2.05, 4.69) is 20.9 Å². The van der Waals surface area contributed by atoms with Crippen molar-refractivity contribution >= 4 is 27.0 Å². The van der Waals surface area contributed by atoms with E-state index in [9.17, 15) is 0 Å². The molecule has 0 saturated heterocycles. The van der Waals surface area contributed by atoms with Gasteiger partial charge in [0.25, 0.3) is 0 Å². The van der Waals surface area contributed by atoms with Crippen molar-refractivity contribution in [3.8, 4) is 0 Å². The maximum absolute atomic E-state index is 6.03. The molecule has 102 valence electrons. The van der Waals surface area contributed by atoms with E-state index < -0.39 is 0 Å². The fourth-order valence-corrected chi connectivity index (χ4v) is 3.45. The van der Waals surface area contributed by atoms with Gasteiger partial charge < -0.3 is 10.2 Å². The first kappa shape index (κ1) is 13.1.